The molecule has 0 unspecified atom stereocenters. The van der Waals surface area contributed by atoms with Crippen LogP contribution in [0.5, 0.6) is 0 Å². The van der Waals surface area contributed by atoms with Gasteiger partial charge in [0.1, 0.15) is 5.82 Å². The number of piperazine rings is 1. The minimum atomic E-state index is -0.503. The van der Waals surface area contributed by atoms with Crippen LogP contribution in [-0.2, 0) is 4.79 Å². The van der Waals surface area contributed by atoms with Crippen LogP contribution in [0.15, 0.2) is 48.5 Å². The molecule has 0 bridgehead atoms. The topological polar surface area (TPSA) is 52.7 Å². The van der Waals surface area contributed by atoms with Crippen LogP contribution in [0.3, 0.4) is 0 Å². The fraction of sp³-hybridized carbons (Fsp3) is 0.364. The molecule has 1 fully saturated rings. The smallest absolute Gasteiger partial charge is 0.254 e. The van der Waals surface area contributed by atoms with E-state index in [1.807, 2.05) is 25.7 Å². The Morgan fingerprint density at radius 1 is 0.964 bits per heavy atom. The molecule has 0 atom stereocenters. The third-order valence-electron chi connectivity index (χ3n) is 4.81. The van der Waals surface area contributed by atoms with Crippen LogP contribution < -0.4 is 10.2 Å². The molecule has 28 heavy (non-hydrogen) atoms. The van der Waals surface area contributed by atoms with Gasteiger partial charge in [0.2, 0.25) is 5.91 Å². The van der Waals surface area contributed by atoms with Crippen LogP contribution in [-0.4, -0.2) is 42.9 Å². The van der Waals surface area contributed by atoms with Crippen LogP contribution in [0.25, 0.3) is 0 Å². The van der Waals surface area contributed by atoms with Gasteiger partial charge in [-0.15, -0.1) is 0 Å². The Morgan fingerprint density at radius 3 is 2.21 bits per heavy atom. The first-order valence-electron chi connectivity index (χ1n) is 9.45. The second kappa shape index (κ2) is 8.00. The van der Waals surface area contributed by atoms with Gasteiger partial charge in [-0.05, 0) is 42.5 Å². The minimum absolute atomic E-state index is 0.0504. The number of benzene rings is 2. The summed E-state index contributed by atoms with van der Waals surface area (Å²) in [4.78, 5) is 29.0. The summed E-state index contributed by atoms with van der Waals surface area (Å²) in [5.41, 5.74) is 1.63. The number of hydrogen-bond donors (Lipinski definition) is 1. The van der Waals surface area contributed by atoms with Gasteiger partial charge in [0, 0.05) is 48.5 Å². The second-order valence-electron chi connectivity index (χ2n) is 8.04. The second-order valence-corrected chi connectivity index (χ2v) is 8.04. The lowest BCUT2D eigenvalue weighted by atomic mass is 9.95. The fourth-order valence-corrected chi connectivity index (χ4v) is 3.05. The number of rotatable bonds is 3. The van der Waals surface area contributed by atoms with Gasteiger partial charge in [0.05, 0.1) is 0 Å². The van der Waals surface area contributed by atoms with Crippen molar-refractivity contribution in [2.75, 3.05) is 36.4 Å². The highest BCUT2D eigenvalue weighted by molar-refractivity contribution is 5.98. The molecule has 0 spiro atoms. The maximum atomic E-state index is 13.1. The lowest BCUT2D eigenvalue weighted by molar-refractivity contribution is -0.123. The standard InChI is InChI=1S/C22H26FN3O2/c1-22(2,3)21(28)24-18-6-4-5-16(15-18)20(27)26-13-11-25(12-14-26)19-9-7-17(23)8-10-19/h4-10,15H,11-14H2,1-3H3,(H,24,28). The number of nitrogens with zero attached hydrogens (tertiary/aromatic N) is 2. The highest BCUT2D eigenvalue weighted by Gasteiger charge is 2.24. The van der Waals surface area contributed by atoms with E-state index >= 15 is 0 Å². The SMILES string of the molecule is CC(C)(C)C(=O)Nc1cccc(C(=O)N2CCN(c3ccc(F)cc3)CC2)c1. The molecule has 0 radical (unpaired) electrons. The highest BCUT2D eigenvalue weighted by atomic mass is 19.1. The molecule has 1 N–H and O–H groups in total. The Morgan fingerprint density at radius 2 is 1.61 bits per heavy atom. The van der Waals surface area contributed by atoms with E-state index in [-0.39, 0.29) is 17.6 Å². The average molecular weight is 383 g/mol. The number of amides is 2. The molecule has 2 amide bonds. The molecule has 1 saturated heterocycles. The van der Waals surface area contributed by atoms with Crippen LogP contribution in [0.2, 0.25) is 0 Å². The van der Waals surface area contributed by atoms with Crippen molar-refractivity contribution in [3.05, 3.63) is 59.9 Å². The summed E-state index contributed by atoms with van der Waals surface area (Å²) in [6, 6.07) is 13.5. The fourth-order valence-electron chi connectivity index (χ4n) is 3.05. The largest absolute Gasteiger partial charge is 0.368 e. The number of carbonyl (C=O) groups excluding carboxylic acids is 2. The van der Waals surface area contributed by atoms with Crippen molar-refractivity contribution in [2.24, 2.45) is 5.41 Å². The van der Waals surface area contributed by atoms with E-state index in [2.05, 4.69) is 10.2 Å². The van der Waals surface area contributed by atoms with E-state index in [4.69, 9.17) is 0 Å². The summed E-state index contributed by atoms with van der Waals surface area (Å²) in [5.74, 6) is -0.397. The Hall–Kier alpha value is -2.89. The Balaban J connectivity index is 1.63. The quantitative estimate of drug-likeness (QED) is 0.878. The zero-order valence-electron chi connectivity index (χ0n) is 16.5. The Bertz CT molecular complexity index is 851. The number of hydrogen-bond acceptors (Lipinski definition) is 3. The van der Waals surface area contributed by atoms with Gasteiger partial charge < -0.3 is 15.1 Å². The maximum Gasteiger partial charge on any atom is 0.254 e. The zero-order valence-corrected chi connectivity index (χ0v) is 16.5. The van der Waals surface area contributed by atoms with Gasteiger partial charge >= 0.3 is 0 Å². The summed E-state index contributed by atoms with van der Waals surface area (Å²) in [6.07, 6.45) is 0. The molecular weight excluding hydrogens is 357 g/mol. The van der Waals surface area contributed by atoms with Gasteiger partial charge in [0.25, 0.3) is 5.91 Å². The lowest BCUT2D eigenvalue weighted by Gasteiger charge is -2.36. The normalized spacial score (nSPS) is 14.7. The third-order valence-corrected chi connectivity index (χ3v) is 4.81. The molecule has 6 heteroatoms. The van der Waals surface area contributed by atoms with Gasteiger partial charge in [-0.1, -0.05) is 26.8 Å². The van der Waals surface area contributed by atoms with Crippen LogP contribution in [0, 0.1) is 11.2 Å². The summed E-state index contributed by atoms with van der Waals surface area (Å²) in [5, 5.41) is 2.86. The summed E-state index contributed by atoms with van der Waals surface area (Å²) < 4.78 is 13.1. The number of carbonyl (C=O) groups is 2. The molecule has 0 aromatic heterocycles. The van der Waals surface area contributed by atoms with Crippen molar-refractivity contribution < 1.29 is 14.0 Å². The number of nitrogens with one attached hydrogen (secondary N) is 1. The van der Waals surface area contributed by atoms with Crippen LogP contribution >= 0.6 is 0 Å². The average Bonchev–Trinajstić information content (AvgIpc) is 2.68. The molecule has 2 aromatic rings. The van der Waals surface area contributed by atoms with E-state index in [0.717, 1.165) is 5.69 Å². The molecule has 5 nitrogen and oxygen atoms in total. The van der Waals surface area contributed by atoms with Crippen molar-refractivity contribution >= 4 is 23.2 Å². The predicted molar refractivity (Wildman–Crippen MR) is 109 cm³/mol. The van der Waals surface area contributed by atoms with Crippen molar-refractivity contribution in [1.29, 1.82) is 0 Å². The maximum absolute atomic E-state index is 13.1. The van der Waals surface area contributed by atoms with Gasteiger partial charge in [0.15, 0.2) is 0 Å². The molecule has 2 aromatic carbocycles. The van der Waals surface area contributed by atoms with Crippen molar-refractivity contribution in [1.82, 2.24) is 4.90 Å². The molecule has 0 saturated carbocycles. The molecule has 0 aliphatic carbocycles. The number of halogens is 1. The third kappa shape index (κ3) is 4.68. The molecule has 3 rings (SSSR count). The molecule has 1 aliphatic rings. The Kier molecular flexibility index (Phi) is 5.68. The van der Waals surface area contributed by atoms with Gasteiger partial charge in [-0.2, -0.15) is 0 Å². The summed E-state index contributed by atoms with van der Waals surface area (Å²) >= 11 is 0. The predicted octanol–water partition coefficient (Wildman–Crippen LogP) is 3.77. The monoisotopic (exact) mass is 383 g/mol. The highest BCUT2D eigenvalue weighted by Crippen LogP contribution is 2.21. The first-order valence-corrected chi connectivity index (χ1v) is 9.45. The van der Waals surface area contributed by atoms with Crippen LogP contribution in [0.4, 0.5) is 15.8 Å². The van der Waals surface area contributed by atoms with Crippen molar-refractivity contribution in [2.45, 2.75) is 20.8 Å². The Labute approximate surface area is 165 Å². The van der Waals surface area contributed by atoms with Gasteiger partial charge in [-0.25, -0.2) is 4.39 Å². The van der Waals surface area contributed by atoms with Crippen LogP contribution in [0.1, 0.15) is 31.1 Å². The summed E-state index contributed by atoms with van der Waals surface area (Å²) in [6.45, 7) is 8.10. The van der Waals surface area contributed by atoms with Crippen molar-refractivity contribution in [3.8, 4) is 0 Å². The molecule has 1 heterocycles. The molecular formula is C22H26FN3O2. The van der Waals surface area contributed by atoms with E-state index in [1.165, 1.54) is 12.1 Å². The van der Waals surface area contributed by atoms with E-state index in [1.54, 1.807) is 36.4 Å². The minimum Gasteiger partial charge on any atom is -0.368 e. The molecule has 1 aliphatic heterocycles. The molecule has 148 valence electrons. The van der Waals surface area contributed by atoms with Crippen molar-refractivity contribution in [3.63, 3.8) is 0 Å². The lowest BCUT2D eigenvalue weighted by Crippen LogP contribution is -2.48. The van der Waals surface area contributed by atoms with E-state index < -0.39 is 5.41 Å². The summed E-state index contributed by atoms with van der Waals surface area (Å²) in [7, 11) is 0. The van der Waals surface area contributed by atoms with Gasteiger partial charge in [-0.3, -0.25) is 9.59 Å². The zero-order chi connectivity index (χ0) is 20.3. The first kappa shape index (κ1) is 19.9. The number of anilines is 2. The van der Waals surface area contributed by atoms with E-state index in [0.29, 0.717) is 37.4 Å². The van der Waals surface area contributed by atoms with E-state index in [9.17, 15) is 14.0 Å². The first-order chi connectivity index (χ1) is 13.2.